The van der Waals surface area contributed by atoms with Crippen LogP contribution in [-0.2, 0) is 4.74 Å². The summed E-state index contributed by atoms with van der Waals surface area (Å²) in [5.74, 6) is 0.331. The van der Waals surface area contributed by atoms with Gasteiger partial charge in [-0.25, -0.2) is 0 Å². The first-order valence-corrected chi connectivity index (χ1v) is 7.63. The van der Waals surface area contributed by atoms with Crippen LogP contribution in [0.1, 0.15) is 51.3 Å². The van der Waals surface area contributed by atoms with Gasteiger partial charge in [0.2, 0.25) is 0 Å². The van der Waals surface area contributed by atoms with E-state index in [9.17, 15) is 0 Å². The lowest BCUT2D eigenvalue weighted by Gasteiger charge is -2.31. The third kappa shape index (κ3) is 3.04. The van der Waals surface area contributed by atoms with Crippen LogP contribution in [0.25, 0.3) is 0 Å². The molecule has 19 heavy (non-hydrogen) atoms. The lowest BCUT2D eigenvalue weighted by molar-refractivity contribution is -0.0767. The van der Waals surface area contributed by atoms with E-state index in [1.54, 1.807) is 0 Å². The van der Waals surface area contributed by atoms with Crippen LogP contribution in [0.2, 0.25) is 0 Å². The minimum Gasteiger partial charge on any atom is -0.369 e. The van der Waals surface area contributed by atoms with E-state index < -0.39 is 0 Å². The van der Waals surface area contributed by atoms with E-state index >= 15 is 0 Å². The average molecular weight is 326 g/mol. The highest BCUT2D eigenvalue weighted by Gasteiger charge is 2.48. The van der Waals surface area contributed by atoms with E-state index in [0.717, 1.165) is 10.9 Å². The van der Waals surface area contributed by atoms with E-state index in [-0.39, 0.29) is 17.2 Å². The Bertz CT molecular complexity index is 482. The topological polar surface area (TPSA) is 35.2 Å². The van der Waals surface area contributed by atoms with Crippen LogP contribution in [0.5, 0.6) is 0 Å². The minimum absolute atomic E-state index is 0.00803. The molecule has 0 spiro atoms. The summed E-state index contributed by atoms with van der Waals surface area (Å²) in [5.41, 5.74) is 8.66. The summed E-state index contributed by atoms with van der Waals surface area (Å²) in [6.45, 7) is 10.7. The van der Waals surface area contributed by atoms with Crippen LogP contribution in [0.4, 0.5) is 0 Å². The second kappa shape index (κ2) is 4.87. The van der Waals surface area contributed by atoms with Crippen molar-refractivity contribution in [2.75, 3.05) is 0 Å². The third-order valence-electron chi connectivity index (χ3n) is 4.16. The molecule has 106 valence electrons. The standard InChI is InChI=1S/C16H24BrNO/c1-10-6-7-11(8-13(10)17)14(18)12-9-15(2,3)19-16(12,4)5/h6-8,12,14H,9,18H2,1-5H3. The van der Waals surface area contributed by atoms with E-state index in [2.05, 4.69) is 68.7 Å². The fourth-order valence-corrected chi connectivity index (χ4v) is 3.61. The zero-order valence-electron chi connectivity index (χ0n) is 12.5. The van der Waals surface area contributed by atoms with Gasteiger partial charge in [0, 0.05) is 16.4 Å². The molecular formula is C16H24BrNO. The predicted molar refractivity (Wildman–Crippen MR) is 83.2 cm³/mol. The molecule has 2 nitrogen and oxygen atoms in total. The zero-order valence-corrected chi connectivity index (χ0v) is 14.0. The van der Waals surface area contributed by atoms with Gasteiger partial charge >= 0.3 is 0 Å². The van der Waals surface area contributed by atoms with Crippen molar-refractivity contribution in [2.45, 2.75) is 58.3 Å². The molecule has 0 bridgehead atoms. The molecule has 1 heterocycles. The normalized spacial score (nSPS) is 26.4. The zero-order chi connectivity index (χ0) is 14.4. The Kier molecular flexibility index (Phi) is 3.85. The molecule has 2 N–H and O–H groups in total. The summed E-state index contributed by atoms with van der Waals surface area (Å²) in [6.07, 6.45) is 0.993. The summed E-state index contributed by atoms with van der Waals surface area (Å²) in [7, 11) is 0. The van der Waals surface area contributed by atoms with Gasteiger partial charge in [-0.3, -0.25) is 0 Å². The van der Waals surface area contributed by atoms with Crippen molar-refractivity contribution < 1.29 is 4.74 Å². The second-order valence-corrected chi connectivity index (χ2v) is 7.66. The Morgan fingerprint density at radius 2 is 1.95 bits per heavy atom. The van der Waals surface area contributed by atoms with Crippen molar-refractivity contribution in [3.63, 3.8) is 0 Å². The summed E-state index contributed by atoms with van der Waals surface area (Å²) >= 11 is 3.59. The molecule has 1 aliphatic heterocycles. The highest BCUT2D eigenvalue weighted by molar-refractivity contribution is 9.10. The van der Waals surface area contributed by atoms with Crippen LogP contribution in [0, 0.1) is 12.8 Å². The monoisotopic (exact) mass is 325 g/mol. The average Bonchev–Trinajstić information content (AvgIpc) is 2.49. The highest BCUT2D eigenvalue weighted by atomic mass is 79.9. The lowest BCUT2D eigenvalue weighted by Crippen LogP contribution is -2.35. The summed E-state index contributed by atoms with van der Waals surface area (Å²) in [6, 6.07) is 6.40. The Morgan fingerprint density at radius 1 is 1.32 bits per heavy atom. The van der Waals surface area contributed by atoms with Gasteiger partial charge < -0.3 is 10.5 Å². The third-order valence-corrected chi connectivity index (χ3v) is 5.01. The first-order valence-electron chi connectivity index (χ1n) is 6.84. The van der Waals surface area contributed by atoms with Crippen LogP contribution in [0.15, 0.2) is 22.7 Å². The second-order valence-electron chi connectivity index (χ2n) is 6.81. The Hall–Kier alpha value is -0.380. The number of hydrogen-bond acceptors (Lipinski definition) is 2. The molecule has 0 amide bonds. The van der Waals surface area contributed by atoms with Crippen LogP contribution >= 0.6 is 15.9 Å². The van der Waals surface area contributed by atoms with Crippen molar-refractivity contribution in [3.05, 3.63) is 33.8 Å². The van der Waals surface area contributed by atoms with Gasteiger partial charge in [0.15, 0.2) is 0 Å². The molecule has 3 heteroatoms. The summed E-state index contributed by atoms with van der Waals surface area (Å²) in [4.78, 5) is 0. The van der Waals surface area contributed by atoms with Crippen molar-refractivity contribution >= 4 is 15.9 Å². The van der Waals surface area contributed by atoms with Gasteiger partial charge in [-0.1, -0.05) is 28.1 Å². The van der Waals surface area contributed by atoms with Crippen LogP contribution < -0.4 is 5.73 Å². The number of ether oxygens (including phenoxy) is 1. The van der Waals surface area contributed by atoms with Crippen molar-refractivity contribution in [1.82, 2.24) is 0 Å². The van der Waals surface area contributed by atoms with Gasteiger partial charge in [0.1, 0.15) is 0 Å². The fourth-order valence-electron chi connectivity index (χ4n) is 3.21. The number of nitrogens with two attached hydrogens (primary N) is 1. The summed E-state index contributed by atoms with van der Waals surface area (Å²) < 4.78 is 7.28. The van der Waals surface area contributed by atoms with Crippen molar-refractivity contribution in [1.29, 1.82) is 0 Å². The number of rotatable bonds is 2. The van der Waals surface area contributed by atoms with E-state index in [1.807, 2.05) is 0 Å². The fraction of sp³-hybridized carbons (Fsp3) is 0.625. The molecule has 1 saturated heterocycles. The molecule has 1 aromatic carbocycles. The summed E-state index contributed by atoms with van der Waals surface area (Å²) in [5, 5.41) is 0. The molecule has 0 aromatic heterocycles. The number of aryl methyl sites for hydroxylation is 1. The molecule has 1 aromatic rings. The molecule has 2 rings (SSSR count). The molecule has 2 atom stereocenters. The van der Waals surface area contributed by atoms with Gasteiger partial charge in [-0.2, -0.15) is 0 Å². The van der Waals surface area contributed by atoms with Crippen molar-refractivity contribution in [3.8, 4) is 0 Å². The molecule has 1 aliphatic rings. The Labute approximate surface area is 124 Å². The largest absolute Gasteiger partial charge is 0.369 e. The van der Waals surface area contributed by atoms with Crippen LogP contribution in [0.3, 0.4) is 0 Å². The van der Waals surface area contributed by atoms with Crippen molar-refractivity contribution in [2.24, 2.45) is 11.7 Å². The first-order chi connectivity index (χ1) is 8.62. The SMILES string of the molecule is Cc1ccc(C(N)C2CC(C)(C)OC2(C)C)cc1Br. The molecule has 0 saturated carbocycles. The van der Waals surface area contributed by atoms with E-state index in [1.165, 1.54) is 11.1 Å². The molecular weight excluding hydrogens is 302 g/mol. The smallest absolute Gasteiger partial charge is 0.0680 e. The Balaban J connectivity index is 2.28. The maximum Gasteiger partial charge on any atom is 0.0680 e. The lowest BCUT2D eigenvalue weighted by atomic mass is 9.79. The Morgan fingerprint density at radius 3 is 2.42 bits per heavy atom. The highest BCUT2D eigenvalue weighted by Crippen LogP contribution is 2.47. The van der Waals surface area contributed by atoms with Gasteiger partial charge in [-0.05, 0) is 58.2 Å². The predicted octanol–water partition coefficient (Wildman–Crippen LogP) is 4.35. The van der Waals surface area contributed by atoms with Gasteiger partial charge in [0.25, 0.3) is 0 Å². The van der Waals surface area contributed by atoms with E-state index in [4.69, 9.17) is 10.5 Å². The molecule has 0 aliphatic carbocycles. The first kappa shape index (κ1) is 15.0. The maximum atomic E-state index is 6.52. The minimum atomic E-state index is -0.180. The van der Waals surface area contributed by atoms with Crippen LogP contribution in [-0.4, -0.2) is 11.2 Å². The number of hydrogen-bond donors (Lipinski definition) is 1. The van der Waals surface area contributed by atoms with Gasteiger partial charge in [0.05, 0.1) is 11.2 Å². The number of halogens is 1. The maximum absolute atomic E-state index is 6.52. The molecule has 0 radical (unpaired) electrons. The molecule has 1 fully saturated rings. The van der Waals surface area contributed by atoms with E-state index in [0.29, 0.717) is 5.92 Å². The number of benzene rings is 1. The molecule has 2 unspecified atom stereocenters. The quantitative estimate of drug-likeness (QED) is 0.877. The van der Waals surface area contributed by atoms with Gasteiger partial charge in [-0.15, -0.1) is 0 Å².